The molecule has 4 aliphatic heterocycles. The van der Waals surface area contributed by atoms with E-state index in [2.05, 4.69) is 0 Å². The van der Waals surface area contributed by atoms with Crippen molar-refractivity contribution in [1.82, 2.24) is 19.6 Å². The Morgan fingerprint density at radius 1 is 0.456 bits per heavy atom. The van der Waals surface area contributed by atoms with Crippen molar-refractivity contribution in [1.29, 1.82) is 0 Å². The number of carboxylic acid groups (broad SMARTS) is 1. The fourth-order valence-electron chi connectivity index (χ4n) is 8.14. The number of aliphatic carboxylic acids is 1. The molecule has 466 valence electrons. The van der Waals surface area contributed by atoms with Crippen LogP contribution in [0.2, 0.25) is 0 Å². The second-order valence-corrected chi connectivity index (χ2v) is 20.2. The van der Waals surface area contributed by atoms with Gasteiger partial charge in [-0.2, -0.15) is 0 Å². The van der Waals surface area contributed by atoms with Crippen LogP contribution in [0.25, 0.3) is 63.5 Å². The first-order valence-electron chi connectivity index (χ1n) is 27.5. The van der Waals surface area contributed by atoms with Crippen molar-refractivity contribution in [2.24, 2.45) is 0 Å². The molecule has 0 unspecified atom stereocenters. The van der Waals surface area contributed by atoms with Gasteiger partial charge in [-0.1, -0.05) is 141 Å². The summed E-state index contributed by atoms with van der Waals surface area (Å²) in [5.41, 5.74) is 4.05. The molecule has 90 heavy (non-hydrogen) atoms. The average molecular weight is 1310 g/mol. The topological polar surface area (TPSA) is 200 Å². The highest BCUT2D eigenvalue weighted by Gasteiger charge is 2.34. The number of hydrogen-bond acceptors (Lipinski definition) is 18. The van der Waals surface area contributed by atoms with E-state index in [0.29, 0.717) is 70.5 Å². The number of likely N-dealkylation sites (N-methyl/N-ethyl adjacent to an activating group) is 4. The van der Waals surface area contributed by atoms with Gasteiger partial charge in [0.05, 0.1) is 7.11 Å². The summed E-state index contributed by atoms with van der Waals surface area (Å²) >= 11 is 25.2. The van der Waals surface area contributed by atoms with Gasteiger partial charge in [-0.05, 0) is 119 Å². The summed E-state index contributed by atoms with van der Waals surface area (Å²) in [6.07, 6.45) is 4.91. The van der Waals surface area contributed by atoms with Crippen molar-refractivity contribution in [3.8, 4) is 51.2 Å². The summed E-state index contributed by atoms with van der Waals surface area (Å²) < 4.78 is 48.5. The molecule has 1 N–H and O–H groups in total. The summed E-state index contributed by atoms with van der Waals surface area (Å²) in [5.74, 6) is 5.05. The Morgan fingerprint density at radius 2 is 0.767 bits per heavy atom. The van der Waals surface area contributed by atoms with Crippen LogP contribution in [0, 0.1) is 0 Å². The molecule has 4 fully saturated rings. The van der Waals surface area contributed by atoms with Crippen LogP contribution >= 0.6 is 61.1 Å². The van der Waals surface area contributed by atoms with Crippen molar-refractivity contribution in [3.63, 3.8) is 0 Å². The number of ether oxygens (including phenoxy) is 5. The van der Waals surface area contributed by atoms with E-state index in [1.54, 1.807) is 42.4 Å². The van der Waals surface area contributed by atoms with Crippen molar-refractivity contribution >= 4 is 129 Å². The number of carboxylic acids is 1. The molecule has 0 aliphatic carbocycles. The van der Waals surface area contributed by atoms with Gasteiger partial charge in [0, 0.05) is 79.7 Å². The summed E-state index contributed by atoms with van der Waals surface area (Å²) in [7, 11) is 1.59. The molecule has 18 nitrogen and oxygen atoms in total. The lowest BCUT2D eigenvalue weighted by Crippen LogP contribution is -2.28. The Labute approximate surface area is 548 Å². The molecule has 23 heteroatoms. The van der Waals surface area contributed by atoms with Crippen LogP contribution in [0.4, 0.5) is 0 Å². The molecule has 4 aliphatic rings. The number of benzene rings is 4. The second kappa shape index (κ2) is 34.2. The predicted octanol–water partition coefficient (Wildman–Crippen LogP) is 15.0. The van der Waals surface area contributed by atoms with Crippen molar-refractivity contribution < 1.29 is 65.6 Å². The van der Waals surface area contributed by atoms with Gasteiger partial charge in [-0.3, -0.25) is 38.8 Å². The number of carbonyl (C=O) groups excluding carboxylic acids is 3. The van der Waals surface area contributed by atoms with Crippen molar-refractivity contribution in [3.05, 3.63) is 204 Å². The van der Waals surface area contributed by atoms with Gasteiger partial charge >= 0.3 is 0 Å². The molecule has 0 radical (unpaired) electrons. The minimum absolute atomic E-state index is 0. The van der Waals surface area contributed by atoms with Crippen LogP contribution in [-0.2, 0) is 38.1 Å². The average Bonchev–Trinajstić information content (AvgIpc) is 4.42. The molecule has 0 atom stereocenters. The monoisotopic (exact) mass is 1310 g/mol. The lowest BCUT2D eigenvalue weighted by molar-refractivity contribution is -0.134. The standard InChI is InChI=1S/2C16H13NO3S.C16H13NO2S2.C11H10O2.C5H7NO2S.C2H4O2.CH4/c2*1-2-17-15(18)14(20-16(17)21)10-12-8-9-13(19-12)11-6-4-3-5-7-11;1-2-17-15(20)14(19-16(17)21)10-12-8-9-13(18-12)11-6-4-3-5-7-11;1-12-11-8-7-10(13-11)9-5-3-2-4-6-9;1-2-6-4(7)3-8-5(6)9;1-2(3)4;/h3*3-10H,2H2,1H3;2-8H,1H3;2-3H2,1H3;1H3,(H,3,4);1H4/b3*14-10-;;;;. The number of thiocarbonyl (C=S) groups is 5. The Bertz CT molecular complexity index is 3570. The number of amides is 3. The summed E-state index contributed by atoms with van der Waals surface area (Å²) in [5, 5.41) is 8.48. The molecule has 4 aromatic heterocycles. The molecule has 0 spiro atoms. The van der Waals surface area contributed by atoms with E-state index < -0.39 is 5.97 Å². The molecule has 4 saturated heterocycles. The van der Waals surface area contributed by atoms with E-state index >= 15 is 0 Å². The molecular weight excluding hydrogens is 1250 g/mol. The SMILES string of the molecule is C.CC(=O)O.CCN1C(=O)/C(=C/c2ccc(-c3ccccc3)o2)OC1=S.CCN1C(=O)/C(=C/c2ccc(-c3ccccc3)o2)OC1=S.CCN1C(=O)COC1=S.CCN1C(=S)O/C(=C\c2ccc(-c3ccccc3)o2)C1=S.COc1ccc(-c2ccccc2)o1. The molecule has 3 amide bonds. The van der Waals surface area contributed by atoms with Gasteiger partial charge in [-0.15, -0.1) is 0 Å². The van der Waals surface area contributed by atoms with Crippen molar-refractivity contribution in [2.75, 3.05) is 39.9 Å². The van der Waals surface area contributed by atoms with Crippen LogP contribution in [0.1, 0.15) is 59.3 Å². The summed E-state index contributed by atoms with van der Waals surface area (Å²) in [6, 6.07) is 54.2. The molecule has 4 aromatic carbocycles. The van der Waals surface area contributed by atoms with Gasteiger partial charge in [0.25, 0.3) is 50.3 Å². The van der Waals surface area contributed by atoms with E-state index in [-0.39, 0.29) is 53.6 Å². The third kappa shape index (κ3) is 18.9. The van der Waals surface area contributed by atoms with Crippen LogP contribution < -0.4 is 4.74 Å². The van der Waals surface area contributed by atoms with E-state index in [0.717, 1.165) is 52.2 Å². The second-order valence-electron chi connectivity index (χ2n) is 18.4. The summed E-state index contributed by atoms with van der Waals surface area (Å²) in [4.78, 5) is 50.4. The number of carbonyl (C=O) groups is 4. The zero-order chi connectivity index (χ0) is 64.0. The minimum Gasteiger partial charge on any atom is -0.481 e. The first-order valence-corrected chi connectivity index (χ1v) is 29.6. The Hall–Kier alpha value is -9.65. The van der Waals surface area contributed by atoms with E-state index in [9.17, 15) is 14.4 Å². The molecule has 12 rings (SSSR count). The van der Waals surface area contributed by atoms with Gasteiger partial charge in [0.1, 0.15) is 40.3 Å². The zero-order valence-electron chi connectivity index (χ0n) is 49.0. The van der Waals surface area contributed by atoms with Gasteiger partial charge in [-0.25, -0.2) is 0 Å². The predicted molar refractivity (Wildman–Crippen MR) is 364 cm³/mol. The normalized spacial score (nSPS) is 15.2. The fourth-order valence-corrected chi connectivity index (χ4v) is 9.72. The maximum Gasteiger partial charge on any atom is 0.300 e. The van der Waals surface area contributed by atoms with Gasteiger partial charge in [0.15, 0.2) is 28.9 Å². The number of nitrogens with zero attached hydrogens (tertiary/aromatic N) is 4. The lowest BCUT2D eigenvalue weighted by atomic mass is 10.2. The Morgan fingerprint density at radius 3 is 1.04 bits per heavy atom. The third-order valence-electron chi connectivity index (χ3n) is 12.4. The molecule has 0 bridgehead atoms. The van der Waals surface area contributed by atoms with Crippen LogP contribution in [0.5, 0.6) is 5.95 Å². The van der Waals surface area contributed by atoms with E-state index in [1.165, 1.54) is 14.7 Å². The molecule has 8 heterocycles. The highest BCUT2D eigenvalue weighted by molar-refractivity contribution is 7.82. The Balaban J connectivity index is 0.000000180. The highest BCUT2D eigenvalue weighted by atomic mass is 32.1. The van der Waals surface area contributed by atoms with Gasteiger partial charge < -0.3 is 46.5 Å². The number of methoxy groups -OCH3 is 1. The number of hydrogen-bond donors (Lipinski definition) is 1. The molecule has 0 saturated carbocycles. The minimum atomic E-state index is -0.833. The fraction of sp³-hybridized carbons (Fsp3) is 0.179. The van der Waals surface area contributed by atoms with Gasteiger partial charge in [0.2, 0.25) is 0 Å². The quantitative estimate of drug-likeness (QED) is 0.0893. The Kier molecular flexibility index (Phi) is 26.4. The van der Waals surface area contributed by atoms with E-state index in [1.807, 2.05) is 185 Å². The third-order valence-corrected chi connectivity index (χ3v) is 14.1. The highest BCUT2D eigenvalue weighted by Crippen LogP contribution is 2.30. The molecular formula is C67H64N4O14S5. The molecule has 8 aromatic rings. The number of furan rings is 4. The maximum absolute atomic E-state index is 12.0. The number of rotatable bonds is 12. The van der Waals surface area contributed by atoms with Crippen LogP contribution in [-0.4, -0.2) is 114 Å². The van der Waals surface area contributed by atoms with Crippen molar-refractivity contribution in [2.45, 2.75) is 42.0 Å². The largest absolute Gasteiger partial charge is 0.481 e. The van der Waals surface area contributed by atoms with Crippen LogP contribution in [0.15, 0.2) is 205 Å². The lowest BCUT2D eigenvalue weighted by Gasteiger charge is -2.09. The van der Waals surface area contributed by atoms with E-state index in [4.69, 9.17) is 112 Å². The smallest absolute Gasteiger partial charge is 0.300 e. The first-order chi connectivity index (χ1) is 42.9. The van der Waals surface area contributed by atoms with Crippen LogP contribution in [0.3, 0.4) is 0 Å². The summed E-state index contributed by atoms with van der Waals surface area (Å²) in [6.45, 7) is 11.0. The zero-order valence-corrected chi connectivity index (χ0v) is 53.1. The first kappa shape index (κ1) is 69.5. The maximum atomic E-state index is 12.0.